The van der Waals surface area contributed by atoms with E-state index >= 15 is 0 Å². The summed E-state index contributed by atoms with van der Waals surface area (Å²) < 4.78 is 5.45. The van der Waals surface area contributed by atoms with Crippen molar-refractivity contribution in [1.82, 2.24) is 0 Å². The van der Waals surface area contributed by atoms with Crippen molar-refractivity contribution in [2.45, 2.75) is 0 Å². The van der Waals surface area contributed by atoms with E-state index in [0.29, 0.717) is 0 Å². The van der Waals surface area contributed by atoms with Gasteiger partial charge in [-0.15, -0.1) is 34.0 Å². The average Bonchev–Trinajstić information content (AvgIpc) is 3.78. The summed E-state index contributed by atoms with van der Waals surface area (Å²) in [6.07, 6.45) is 0. The Morgan fingerprint density at radius 2 is 0.651 bits per heavy atom. The molecule has 9 aromatic rings. The molecule has 3 aromatic heterocycles. The number of hydrogen-bond donors (Lipinski definition) is 0. The fraction of sp³-hybridized carbons (Fsp3) is 0. The van der Waals surface area contributed by atoms with Crippen molar-refractivity contribution >= 4 is 74.4 Å². The monoisotopic (exact) mass is 600 g/mol. The molecule has 43 heavy (non-hydrogen) atoms. The van der Waals surface area contributed by atoms with Gasteiger partial charge in [0.05, 0.1) is 0 Å². The fourth-order valence-electron chi connectivity index (χ4n) is 6.04. The van der Waals surface area contributed by atoms with E-state index in [9.17, 15) is 0 Å². The second-order valence-electron chi connectivity index (χ2n) is 11.0. The molecule has 0 fully saturated rings. The predicted molar refractivity (Wildman–Crippen MR) is 192 cm³/mol. The molecular weight excluding hydrogens is 577 g/mol. The Kier molecular flexibility index (Phi) is 5.83. The molecule has 202 valence electrons. The second kappa shape index (κ2) is 10.0. The number of rotatable bonds is 4. The Bertz CT molecular complexity index is 2410. The third-order valence-electron chi connectivity index (χ3n) is 8.30. The van der Waals surface area contributed by atoms with Crippen molar-refractivity contribution in [3.8, 4) is 43.1 Å². The molecule has 0 atom stereocenters. The van der Waals surface area contributed by atoms with E-state index in [1.54, 1.807) is 0 Å². The summed E-state index contributed by atoms with van der Waals surface area (Å²) in [6.45, 7) is 0. The largest absolute Gasteiger partial charge is 0.135 e. The lowest BCUT2D eigenvalue weighted by atomic mass is 9.99. The highest BCUT2D eigenvalue weighted by atomic mass is 32.1. The van der Waals surface area contributed by atoms with Crippen LogP contribution in [0.3, 0.4) is 0 Å². The van der Waals surface area contributed by atoms with Crippen LogP contribution in [0.25, 0.3) is 83.5 Å². The lowest BCUT2D eigenvalue weighted by Crippen LogP contribution is -1.81. The highest BCUT2D eigenvalue weighted by Gasteiger charge is 2.13. The molecule has 0 nitrogen and oxygen atoms in total. The molecule has 0 aliphatic heterocycles. The first-order valence-electron chi connectivity index (χ1n) is 14.4. The van der Waals surface area contributed by atoms with Crippen LogP contribution in [0.1, 0.15) is 0 Å². The number of thiophene rings is 3. The highest BCUT2D eigenvalue weighted by molar-refractivity contribution is 7.27. The first-order valence-corrected chi connectivity index (χ1v) is 16.9. The summed E-state index contributed by atoms with van der Waals surface area (Å²) in [4.78, 5) is 2.65. The summed E-state index contributed by atoms with van der Waals surface area (Å²) in [7, 11) is 0. The van der Waals surface area contributed by atoms with Crippen LogP contribution in [0.2, 0.25) is 0 Å². The SMILES string of the molecule is c1ccc(-c2ccc(-c3ccc(-c4cc5cc6c(cc5s4)sc4cc5sc(-c7ccccc7)cc5cc46)cc3)cc2)cc1. The molecule has 0 aliphatic rings. The van der Waals surface area contributed by atoms with Gasteiger partial charge in [0.15, 0.2) is 0 Å². The van der Waals surface area contributed by atoms with Crippen LogP contribution in [-0.2, 0) is 0 Å². The molecule has 0 amide bonds. The Morgan fingerprint density at radius 3 is 1.12 bits per heavy atom. The summed E-state index contributed by atoms with van der Waals surface area (Å²) in [5.74, 6) is 0. The van der Waals surface area contributed by atoms with Crippen molar-refractivity contribution in [2.75, 3.05) is 0 Å². The molecule has 3 heterocycles. The van der Waals surface area contributed by atoms with E-state index in [1.165, 1.54) is 83.5 Å². The molecule has 0 radical (unpaired) electrons. The van der Waals surface area contributed by atoms with Gasteiger partial charge in [0.2, 0.25) is 0 Å². The van der Waals surface area contributed by atoms with Crippen molar-refractivity contribution in [3.05, 3.63) is 146 Å². The van der Waals surface area contributed by atoms with Crippen LogP contribution in [0, 0.1) is 0 Å². The molecule has 9 rings (SSSR count). The molecule has 0 saturated heterocycles. The van der Waals surface area contributed by atoms with Crippen molar-refractivity contribution in [2.24, 2.45) is 0 Å². The lowest BCUT2D eigenvalue weighted by molar-refractivity contribution is 1.59. The van der Waals surface area contributed by atoms with Gasteiger partial charge < -0.3 is 0 Å². The molecule has 0 N–H and O–H groups in total. The molecule has 0 aliphatic carbocycles. The van der Waals surface area contributed by atoms with Gasteiger partial charge in [-0.3, -0.25) is 0 Å². The molecule has 0 saturated carbocycles. The van der Waals surface area contributed by atoms with Gasteiger partial charge in [-0.1, -0.05) is 109 Å². The zero-order valence-corrected chi connectivity index (χ0v) is 25.5. The normalized spacial score (nSPS) is 11.7. The first kappa shape index (κ1) is 25.0. The summed E-state index contributed by atoms with van der Waals surface area (Å²) in [6, 6.07) is 53.5. The van der Waals surface area contributed by atoms with Crippen LogP contribution in [0.5, 0.6) is 0 Å². The molecule has 3 heteroatoms. The van der Waals surface area contributed by atoms with Gasteiger partial charge in [-0.2, -0.15) is 0 Å². The lowest BCUT2D eigenvalue weighted by Gasteiger charge is -2.06. The van der Waals surface area contributed by atoms with Gasteiger partial charge in [-0.25, -0.2) is 0 Å². The highest BCUT2D eigenvalue weighted by Crippen LogP contribution is 2.44. The van der Waals surface area contributed by atoms with Crippen LogP contribution in [-0.4, -0.2) is 0 Å². The first-order chi connectivity index (χ1) is 21.2. The maximum atomic E-state index is 2.41. The summed E-state index contributed by atoms with van der Waals surface area (Å²) in [5.41, 5.74) is 7.54. The summed E-state index contributed by atoms with van der Waals surface area (Å²) >= 11 is 5.69. The number of hydrogen-bond acceptors (Lipinski definition) is 3. The molecule has 6 aromatic carbocycles. The second-order valence-corrected chi connectivity index (χ2v) is 14.2. The Morgan fingerprint density at radius 1 is 0.279 bits per heavy atom. The van der Waals surface area contributed by atoms with E-state index in [1.807, 2.05) is 34.0 Å². The van der Waals surface area contributed by atoms with Crippen molar-refractivity contribution < 1.29 is 0 Å². The minimum atomic E-state index is 1.24. The summed E-state index contributed by atoms with van der Waals surface area (Å²) in [5, 5.41) is 5.38. The van der Waals surface area contributed by atoms with Crippen LogP contribution in [0.4, 0.5) is 0 Å². The molecule has 0 bridgehead atoms. The van der Waals surface area contributed by atoms with Crippen molar-refractivity contribution in [3.63, 3.8) is 0 Å². The van der Waals surface area contributed by atoms with E-state index in [4.69, 9.17) is 0 Å². The fourth-order valence-corrected chi connectivity index (χ4v) is 9.52. The molecule has 0 spiro atoms. The van der Waals surface area contributed by atoms with E-state index in [-0.39, 0.29) is 0 Å². The average molecular weight is 601 g/mol. The zero-order chi connectivity index (χ0) is 28.3. The van der Waals surface area contributed by atoms with Crippen LogP contribution >= 0.6 is 34.0 Å². The van der Waals surface area contributed by atoms with Gasteiger partial charge in [-0.05, 0) is 80.6 Å². The smallest absolute Gasteiger partial charge is 0.0369 e. The minimum absolute atomic E-state index is 1.24. The predicted octanol–water partition coefficient (Wildman–Crippen LogP) is 13.2. The zero-order valence-electron chi connectivity index (χ0n) is 23.1. The maximum Gasteiger partial charge on any atom is 0.0369 e. The van der Waals surface area contributed by atoms with E-state index < -0.39 is 0 Å². The Balaban J connectivity index is 1.04. The van der Waals surface area contributed by atoms with Crippen molar-refractivity contribution in [1.29, 1.82) is 0 Å². The molecule has 0 unspecified atom stereocenters. The Labute approximate surface area is 261 Å². The standard InChI is InChI=1S/C40H24S3/c1-3-7-25(8-4-1)26-11-13-27(14-12-26)28-15-17-30(18-16-28)36-22-32-20-34-33-19-31-21-35(29-9-5-2-6-10-29)41-37(31)23-39(33)43-40(34)24-38(32)42-36/h1-24H. The number of benzene rings is 6. The van der Waals surface area contributed by atoms with E-state index in [0.717, 1.165) is 0 Å². The van der Waals surface area contributed by atoms with Gasteiger partial charge >= 0.3 is 0 Å². The van der Waals surface area contributed by atoms with Crippen LogP contribution in [0.15, 0.2) is 146 Å². The van der Waals surface area contributed by atoms with Gasteiger partial charge in [0, 0.05) is 39.3 Å². The Hall–Kier alpha value is -4.54. The van der Waals surface area contributed by atoms with E-state index in [2.05, 4.69) is 146 Å². The quantitative estimate of drug-likeness (QED) is 0.188. The number of fused-ring (bicyclic) bond motifs is 5. The van der Waals surface area contributed by atoms with Crippen LogP contribution < -0.4 is 0 Å². The maximum absolute atomic E-state index is 2.41. The topological polar surface area (TPSA) is 0 Å². The third kappa shape index (κ3) is 4.40. The minimum Gasteiger partial charge on any atom is -0.135 e. The van der Waals surface area contributed by atoms with Gasteiger partial charge in [0.1, 0.15) is 0 Å². The van der Waals surface area contributed by atoms with Gasteiger partial charge in [0.25, 0.3) is 0 Å². The molecular formula is C40H24S3. The third-order valence-corrected chi connectivity index (χ3v) is 11.7.